The van der Waals surface area contributed by atoms with Gasteiger partial charge >= 0.3 is 6.03 Å². The molecule has 2 aromatic heterocycles. The average molecular weight is 404 g/mol. The molecule has 0 spiro atoms. The summed E-state index contributed by atoms with van der Waals surface area (Å²) >= 11 is 7.31. The number of nitrogens with zero attached hydrogens (tertiary/aromatic N) is 4. The molecule has 1 aliphatic heterocycles. The fourth-order valence-electron chi connectivity index (χ4n) is 3.04. The Hall–Kier alpha value is -2.42. The Morgan fingerprint density at radius 3 is 2.67 bits per heavy atom. The molecule has 0 aliphatic carbocycles. The van der Waals surface area contributed by atoms with Crippen LogP contribution in [0.2, 0.25) is 5.02 Å². The van der Waals surface area contributed by atoms with Gasteiger partial charge in [0.25, 0.3) is 5.56 Å². The lowest BCUT2D eigenvalue weighted by molar-refractivity contribution is 0.142. The molecule has 4 rings (SSSR count). The van der Waals surface area contributed by atoms with Crippen LogP contribution in [0, 0.1) is 0 Å². The number of piperazine rings is 1. The van der Waals surface area contributed by atoms with Crippen molar-refractivity contribution in [2.45, 2.75) is 6.54 Å². The maximum absolute atomic E-state index is 12.4. The fourth-order valence-corrected chi connectivity index (χ4v) is 3.91. The Morgan fingerprint density at radius 2 is 1.93 bits per heavy atom. The lowest BCUT2D eigenvalue weighted by Gasteiger charge is -2.34. The summed E-state index contributed by atoms with van der Waals surface area (Å²) in [7, 11) is 0. The van der Waals surface area contributed by atoms with E-state index >= 15 is 0 Å². The molecule has 0 atom stereocenters. The van der Waals surface area contributed by atoms with Gasteiger partial charge in [0.2, 0.25) is 0 Å². The molecule has 1 aromatic carbocycles. The van der Waals surface area contributed by atoms with E-state index in [-0.39, 0.29) is 11.6 Å². The van der Waals surface area contributed by atoms with Gasteiger partial charge in [-0.15, -0.1) is 11.3 Å². The van der Waals surface area contributed by atoms with Gasteiger partial charge in [-0.1, -0.05) is 11.6 Å². The summed E-state index contributed by atoms with van der Waals surface area (Å²) in [5, 5.41) is 5.37. The standard InChI is InChI=1S/C18H18ClN5O2S/c19-13-1-3-14(4-2-13)20-17(26)23-7-5-22(6-8-23)12-15-11-16(25)24-9-10-27-18(24)21-15/h1-4,9-11H,5-8,12H2,(H,20,26). The fraction of sp³-hybridized carbons (Fsp3) is 0.278. The van der Waals surface area contributed by atoms with Crippen molar-refractivity contribution in [1.82, 2.24) is 19.2 Å². The van der Waals surface area contributed by atoms with Crippen LogP contribution in [0.1, 0.15) is 5.69 Å². The number of carbonyl (C=O) groups excluding carboxylic acids is 1. The third-order valence-corrected chi connectivity index (χ3v) is 5.51. The number of carbonyl (C=O) groups is 1. The maximum atomic E-state index is 12.4. The van der Waals surface area contributed by atoms with Crippen LogP contribution in [0.3, 0.4) is 0 Å². The summed E-state index contributed by atoms with van der Waals surface area (Å²) in [6, 6.07) is 8.51. The number of benzene rings is 1. The Labute approximate surface area is 164 Å². The number of anilines is 1. The van der Waals surface area contributed by atoms with Crippen LogP contribution < -0.4 is 10.9 Å². The minimum absolute atomic E-state index is 0.0581. The molecule has 140 valence electrons. The molecule has 3 heterocycles. The normalized spacial score (nSPS) is 15.2. The Bertz CT molecular complexity index is 1010. The topological polar surface area (TPSA) is 70.0 Å². The summed E-state index contributed by atoms with van der Waals surface area (Å²) < 4.78 is 1.55. The summed E-state index contributed by atoms with van der Waals surface area (Å²) in [6.45, 7) is 3.33. The van der Waals surface area contributed by atoms with Gasteiger partial charge in [0.1, 0.15) is 0 Å². The van der Waals surface area contributed by atoms with Gasteiger partial charge in [-0.05, 0) is 24.3 Å². The van der Waals surface area contributed by atoms with E-state index in [1.54, 1.807) is 45.8 Å². The second-order valence-corrected chi connectivity index (χ2v) is 7.65. The van der Waals surface area contributed by atoms with E-state index < -0.39 is 0 Å². The molecule has 1 fully saturated rings. The number of nitrogens with one attached hydrogen (secondary N) is 1. The predicted molar refractivity (Wildman–Crippen MR) is 107 cm³/mol. The first-order valence-electron chi connectivity index (χ1n) is 8.58. The van der Waals surface area contributed by atoms with Crippen LogP contribution in [0.5, 0.6) is 0 Å². The van der Waals surface area contributed by atoms with Crippen LogP contribution in [-0.4, -0.2) is 51.4 Å². The molecule has 1 N–H and O–H groups in total. The number of aromatic nitrogens is 2. The highest BCUT2D eigenvalue weighted by Crippen LogP contribution is 2.15. The van der Waals surface area contributed by atoms with Crippen molar-refractivity contribution in [3.8, 4) is 0 Å². The number of hydrogen-bond acceptors (Lipinski definition) is 5. The number of thiazole rings is 1. The minimum Gasteiger partial charge on any atom is -0.322 e. The molecule has 9 heteroatoms. The van der Waals surface area contributed by atoms with E-state index in [1.807, 2.05) is 5.38 Å². The summed E-state index contributed by atoms with van der Waals surface area (Å²) in [5.74, 6) is 0. The molecule has 7 nitrogen and oxygen atoms in total. The highest BCUT2D eigenvalue weighted by atomic mass is 35.5. The third-order valence-electron chi connectivity index (χ3n) is 4.50. The highest BCUT2D eigenvalue weighted by molar-refractivity contribution is 7.15. The second-order valence-electron chi connectivity index (χ2n) is 6.34. The number of amides is 2. The Balaban J connectivity index is 1.33. The summed E-state index contributed by atoms with van der Waals surface area (Å²) in [4.78, 5) is 33.7. The highest BCUT2D eigenvalue weighted by Gasteiger charge is 2.21. The summed E-state index contributed by atoms with van der Waals surface area (Å²) in [6.07, 6.45) is 1.73. The zero-order valence-corrected chi connectivity index (χ0v) is 16.0. The molecule has 0 saturated carbocycles. The molecular weight excluding hydrogens is 386 g/mol. The maximum Gasteiger partial charge on any atom is 0.321 e. The number of fused-ring (bicyclic) bond motifs is 1. The first kappa shape index (κ1) is 18.0. The number of halogens is 1. The SMILES string of the molecule is O=C(Nc1ccc(Cl)cc1)N1CCN(Cc2cc(=O)n3ccsc3n2)CC1. The molecular formula is C18H18ClN5O2S. The number of rotatable bonds is 3. The van der Waals surface area contributed by atoms with Crippen molar-refractivity contribution in [3.05, 3.63) is 63.0 Å². The van der Waals surface area contributed by atoms with Crippen molar-refractivity contribution in [2.75, 3.05) is 31.5 Å². The van der Waals surface area contributed by atoms with E-state index in [0.29, 0.717) is 29.6 Å². The first-order valence-corrected chi connectivity index (χ1v) is 9.84. The van der Waals surface area contributed by atoms with Crippen molar-refractivity contribution >= 4 is 39.6 Å². The number of hydrogen-bond donors (Lipinski definition) is 1. The molecule has 2 amide bonds. The monoisotopic (exact) mass is 403 g/mol. The van der Waals surface area contributed by atoms with Crippen LogP contribution >= 0.6 is 22.9 Å². The van der Waals surface area contributed by atoms with E-state index in [2.05, 4.69) is 15.2 Å². The minimum atomic E-state index is -0.117. The van der Waals surface area contributed by atoms with Crippen LogP contribution in [0.25, 0.3) is 4.96 Å². The van der Waals surface area contributed by atoms with Gasteiger partial charge in [0.15, 0.2) is 4.96 Å². The van der Waals surface area contributed by atoms with Crippen LogP contribution in [0.15, 0.2) is 46.7 Å². The van der Waals surface area contributed by atoms with Crippen molar-refractivity contribution in [1.29, 1.82) is 0 Å². The molecule has 1 saturated heterocycles. The second kappa shape index (κ2) is 7.67. The van der Waals surface area contributed by atoms with Crippen molar-refractivity contribution in [2.24, 2.45) is 0 Å². The average Bonchev–Trinajstić information content (AvgIpc) is 3.13. The molecule has 27 heavy (non-hydrogen) atoms. The van der Waals surface area contributed by atoms with Gasteiger partial charge < -0.3 is 10.2 Å². The molecule has 3 aromatic rings. The molecule has 0 unspecified atom stereocenters. The van der Waals surface area contributed by atoms with Gasteiger partial charge in [-0.2, -0.15) is 0 Å². The number of urea groups is 1. The lowest BCUT2D eigenvalue weighted by Crippen LogP contribution is -2.49. The first-order chi connectivity index (χ1) is 13.1. The van der Waals surface area contributed by atoms with E-state index in [1.165, 1.54) is 11.3 Å². The van der Waals surface area contributed by atoms with Crippen LogP contribution in [-0.2, 0) is 6.54 Å². The van der Waals surface area contributed by atoms with Gasteiger partial charge in [-0.3, -0.25) is 14.1 Å². The zero-order chi connectivity index (χ0) is 18.8. The Morgan fingerprint density at radius 1 is 1.19 bits per heavy atom. The Kier molecular flexibility index (Phi) is 5.11. The predicted octanol–water partition coefficient (Wildman–Crippen LogP) is 2.76. The third kappa shape index (κ3) is 4.13. The van der Waals surface area contributed by atoms with E-state index in [9.17, 15) is 9.59 Å². The van der Waals surface area contributed by atoms with E-state index in [0.717, 1.165) is 24.5 Å². The van der Waals surface area contributed by atoms with E-state index in [4.69, 9.17) is 11.6 Å². The van der Waals surface area contributed by atoms with Crippen LogP contribution in [0.4, 0.5) is 10.5 Å². The zero-order valence-electron chi connectivity index (χ0n) is 14.5. The molecule has 0 radical (unpaired) electrons. The van der Waals surface area contributed by atoms with Crippen molar-refractivity contribution in [3.63, 3.8) is 0 Å². The molecule has 1 aliphatic rings. The quantitative estimate of drug-likeness (QED) is 0.730. The summed E-state index contributed by atoms with van der Waals surface area (Å²) in [5.41, 5.74) is 1.43. The molecule has 0 bridgehead atoms. The van der Waals surface area contributed by atoms with Gasteiger partial charge in [0, 0.05) is 61.1 Å². The largest absolute Gasteiger partial charge is 0.322 e. The smallest absolute Gasteiger partial charge is 0.321 e. The lowest BCUT2D eigenvalue weighted by atomic mass is 10.3. The van der Waals surface area contributed by atoms with Crippen molar-refractivity contribution < 1.29 is 4.79 Å². The van der Waals surface area contributed by atoms with Gasteiger partial charge in [-0.25, -0.2) is 9.78 Å². The van der Waals surface area contributed by atoms with Gasteiger partial charge in [0.05, 0.1) is 5.69 Å².